The van der Waals surface area contributed by atoms with E-state index in [-0.39, 0.29) is 5.97 Å². The molecule has 2 nitrogen and oxygen atoms in total. The van der Waals surface area contributed by atoms with Crippen LogP contribution in [0, 0.1) is 0 Å². The molecule has 12 heavy (non-hydrogen) atoms. The number of esters is 1. The van der Waals surface area contributed by atoms with Gasteiger partial charge in [-0.15, -0.1) is 11.8 Å². The van der Waals surface area contributed by atoms with Crippen molar-refractivity contribution in [3.05, 3.63) is 11.0 Å². The molecule has 0 aliphatic carbocycles. The number of carbonyl (C=O) groups excluding carboxylic acids is 1. The summed E-state index contributed by atoms with van der Waals surface area (Å²) in [4.78, 5) is 10.9. The Bertz CT molecular complexity index is 187. The van der Waals surface area contributed by atoms with E-state index in [0.29, 0.717) is 6.61 Å². The number of thioether (sulfide) groups is 1. The lowest BCUT2D eigenvalue weighted by molar-refractivity contribution is -0.135. The van der Waals surface area contributed by atoms with Gasteiger partial charge >= 0.3 is 5.97 Å². The van der Waals surface area contributed by atoms with Crippen molar-refractivity contribution in [1.82, 2.24) is 0 Å². The Balaban J connectivity index is 2.22. The highest BCUT2D eigenvalue weighted by atomic mass is 32.2. The van der Waals surface area contributed by atoms with E-state index in [9.17, 15) is 4.79 Å². The van der Waals surface area contributed by atoms with E-state index < -0.39 is 0 Å². The second-order valence-corrected chi connectivity index (χ2v) is 3.73. The van der Waals surface area contributed by atoms with Gasteiger partial charge in [0.05, 0.1) is 6.61 Å². The Morgan fingerprint density at radius 1 is 1.67 bits per heavy atom. The number of hydrogen-bond donors (Lipinski definition) is 0. The van der Waals surface area contributed by atoms with Crippen molar-refractivity contribution in [2.24, 2.45) is 0 Å². The maximum absolute atomic E-state index is 10.9. The third kappa shape index (κ3) is 2.89. The average molecular weight is 186 g/mol. The summed E-state index contributed by atoms with van der Waals surface area (Å²) < 4.78 is 4.80. The zero-order valence-electron chi connectivity index (χ0n) is 7.34. The van der Waals surface area contributed by atoms with E-state index in [1.165, 1.54) is 12.8 Å². The fourth-order valence-corrected chi connectivity index (χ4v) is 1.93. The molecule has 1 aliphatic rings. The minimum absolute atomic E-state index is 0.126. The van der Waals surface area contributed by atoms with Crippen LogP contribution in [0.25, 0.3) is 0 Å². The molecule has 0 amide bonds. The first-order chi connectivity index (χ1) is 5.84. The SMILES string of the molecule is CCCCS/C=C1\CCOC1=O. The van der Waals surface area contributed by atoms with Crippen LogP contribution in [-0.2, 0) is 9.53 Å². The summed E-state index contributed by atoms with van der Waals surface area (Å²) in [5.74, 6) is 0.979. The Morgan fingerprint density at radius 3 is 3.08 bits per heavy atom. The summed E-state index contributed by atoms with van der Waals surface area (Å²) in [7, 11) is 0. The molecule has 0 atom stereocenters. The van der Waals surface area contributed by atoms with E-state index in [1.807, 2.05) is 5.41 Å². The summed E-state index contributed by atoms with van der Waals surface area (Å²) in [5.41, 5.74) is 0.844. The second kappa shape index (κ2) is 5.25. The van der Waals surface area contributed by atoms with Crippen LogP contribution in [0.4, 0.5) is 0 Å². The first kappa shape index (κ1) is 9.65. The molecule has 0 aromatic rings. The molecule has 0 bridgehead atoms. The van der Waals surface area contributed by atoms with Crippen molar-refractivity contribution >= 4 is 17.7 Å². The van der Waals surface area contributed by atoms with Gasteiger partial charge < -0.3 is 4.74 Å². The van der Waals surface area contributed by atoms with E-state index in [2.05, 4.69) is 6.92 Å². The molecule has 1 aliphatic heterocycles. The monoisotopic (exact) mass is 186 g/mol. The molecule has 1 fully saturated rings. The van der Waals surface area contributed by atoms with E-state index >= 15 is 0 Å². The molecule has 0 aromatic carbocycles. The van der Waals surface area contributed by atoms with Crippen LogP contribution in [0.5, 0.6) is 0 Å². The smallest absolute Gasteiger partial charge is 0.334 e. The molecular weight excluding hydrogens is 172 g/mol. The van der Waals surface area contributed by atoms with Gasteiger partial charge in [0.15, 0.2) is 0 Å². The Kier molecular flexibility index (Phi) is 4.22. The van der Waals surface area contributed by atoms with E-state index in [4.69, 9.17) is 4.74 Å². The first-order valence-corrected chi connectivity index (χ1v) is 5.37. The van der Waals surface area contributed by atoms with Crippen molar-refractivity contribution in [1.29, 1.82) is 0 Å². The lowest BCUT2D eigenvalue weighted by Crippen LogP contribution is -1.93. The number of ether oxygens (including phenoxy) is 1. The topological polar surface area (TPSA) is 26.3 Å². The van der Waals surface area contributed by atoms with Crippen LogP contribution >= 0.6 is 11.8 Å². The van der Waals surface area contributed by atoms with Gasteiger partial charge in [0, 0.05) is 12.0 Å². The Morgan fingerprint density at radius 2 is 2.50 bits per heavy atom. The summed E-state index contributed by atoms with van der Waals surface area (Å²) in [5, 5.41) is 1.95. The van der Waals surface area contributed by atoms with Gasteiger partial charge in [-0.2, -0.15) is 0 Å². The van der Waals surface area contributed by atoms with Crippen LogP contribution in [0.3, 0.4) is 0 Å². The third-order valence-electron chi connectivity index (χ3n) is 1.71. The molecule has 1 saturated heterocycles. The van der Waals surface area contributed by atoms with Crippen molar-refractivity contribution in [2.75, 3.05) is 12.4 Å². The molecule has 1 rings (SSSR count). The molecule has 0 N–H and O–H groups in total. The highest BCUT2D eigenvalue weighted by molar-refractivity contribution is 8.02. The predicted molar refractivity (Wildman–Crippen MR) is 51.0 cm³/mol. The second-order valence-electron chi connectivity index (χ2n) is 2.75. The van der Waals surface area contributed by atoms with Gasteiger partial charge in [0.2, 0.25) is 0 Å². The average Bonchev–Trinajstić information content (AvgIpc) is 2.46. The summed E-state index contributed by atoms with van der Waals surface area (Å²) in [6, 6.07) is 0. The number of carbonyl (C=O) groups is 1. The number of cyclic esters (lactones) is 1. The van der Waals surface area contributed by atoms with Crippen LogP contribution in [0.1, 0.15) is 26.2 Å². The number of unbranched alkanes of at least 4 members (excludes halogenated alkanes) is 1. The van der Waals surface area contributed by atoms with Crippen molar-refractivity contribution in [3.63, 3.8) is 0 Å². The number of rotatable bonds is 4. The number of hydrogen-bond acceptors (Lipinski definition) is 3. The van der Waals surface area contributed by atoms with Gasteiger partial charge in [0.25, 0.3) is 0 Å². The lowest BCUT2D eigenvalue weighted by atomic mass is 10.3. The first-order valence-electron chi connectivity index (χ1n) is 4.32. The zero-order chi connectivity index (χ0) is 8.81. The molecule has 0 radical (unpaired) electrons. The Labute approximate surface area is 77.4 Å². The minimum atomic E-state index is -0.126. The minimum Gasteiger partial charge on any atom is -0.462 e. The molecule has 68 valence electrons. The highest BCUT2D eigenvalue weighted by Crippen LogP contribution is 2.18. The molecule has 0 unspecified atom stereocenters. The fraction of sp³-hybridized carbons (Fsp3) is 0.667. The molecule has 0 saturated carbocycles. The predicted octanol–water partition coefficient (Wildman–Crippen LogP) is 2.35. The van der Waals surface area contributed by atoms with Crippen LogP contribution in [0.15, 0.2) is 11.0 Å². The van der Waals surface area contributed by atoms with Gasteiger partial charge in [0.1, 0.15) is 0 Å². The molecule has 1 heterocycles. The van der Waals surface area contributed by atoms with Crippen molar-refractivity contribution in [2.45, 2.75) is 26.2 Å². The summed E-state index contributed by atoms with van der Waals surface area (Å²) >= 11 is 1.72. The standard InChI is InChI=1S/C9H14O2S/c1-2-3-6-12-7-8-4-5-11-9(8)10/h7H,2-6H2,1H3/b8-7+. The van der Waals surface area contributed by atoms with Gasteiger partial charge in [-0.1, -0.05) is 13.3 Å². The quantitative estimate of drug-likeness (QED) is 0.383. The van der Waals surface area contributed by atoms with Crippen LogP contribution < -0.4 is 0 Å². The van der Waals surface area contributed by atoms with Gasteiger partial charge in [-0.25, -0.2) is 4.79 Å². The van der Waals surface area contributed by atoms with Crippen LogP contribution in [0.2, 0.25) is 0 Å². The lowest BCUT2D eigenvalue weighted by Gasteiger charge is -1.93. The van der Waals surface area contributed by atoms with Crippen molar-refractivity contribution in [3.8, 4) is 0 Å². The van der Waals surface area contributed by atoms with Crippen molar-refractivity contribution < 1.29 is 9.53 Å². The third-order valence-corrected chi connectivity index (χ3v) is 2.68. The maximum atomic E-state index is 10.9. The molecule has 0 aromatic heterocycles. The molecule has 0 spiro atoms. The molecular formula is C9H14O2S. The van der Waals surface area contributed by atoms with E-state index in [0.717, 1.165) is 17.7 Å². The maximum Gasteiger partial charge on any atom is 0.334 e. The largest absolute Gasteiger partial charge is 0.462 e. The van der Waals surface area contributed by atoms with Gasteiger partial charge in [-0.05, 0) is 17.6 Å². The fourth-order valence-electron chi connectivity index (χ4n) is 0.943. The normalized spacial score (nSPS) is 20.1. The molecule has 3 heteroatoms. The Hall–Kier alpha value is -0.440. The highest BCUT2D eigenvalue weighted by Gasteiger charge is 2.17. The zero-order valence-corrected chi connectivity index (χ0v) is 8.15. The van der Waals surface area contributed by atoms with Gasteiger partial charge in [-0.3, -0.25) is 0 Å². The van der Waals surface area contributed by atoms with E-state index in [1.54, 1.807) is 11.8 Å². The van der Waals surface area contributed by atoms with Crippen LogP contribution in [-0.4, -0.2) is 18.3 Å². The summed E-state index contributed by atoms with van der Waals surface area (Å²) in [6.45, 7) is 2.73. The summed E-state index contributed by atoms with van der Waals surface area (Å²) in [6.07, 6.45) is 3.21.